The predicted molar refractivity (Wildman–Crippen MR) is 97.0 cm³/mol. The lowest BCUT2D eigenvalue weighted by Gasteiger charge is -2.15. The molecule has 0 saturated heterocycles. The van der Waals surface area contributed by atoms with Crippen molar-refractivity contribution in [3.8, 4) is 0 Å². The van der Waals surface area contributed by atoms with Crippen molar-refractivity contribution in [2.24, 2.45) is 0 Å². The molecule has 0 aliphatic heterocycles. The molecule has 1 unspecified atom stereocenters. The highest BCUT2D eigenvalue weighted by molar-refractivity contribution is 7.89. The van der Waals surface area contributed by atoms with Crippen LogP contribution < -0.4 is 4.72 Å². The number of fused-ring (bicyclic) bond motifs is 1. The van der Waals surface area contributed by atoms with Crippen LogP contribution in [0.1, 0.15) is 38.2 Å². The second-order valence-corrected chi connectivity index (χ2v) is 8.00. The third-order valence-corrected chi connectivity index (χ3v) is 5.88. The molecule has 28 heavy (non-hydrogen) atoms. The Kier molecular flexibility index (Phi) is 5.24. The maximum Gasteiger partial charge on any atom is 0.416 e. The van der Waals surface area contributed by atoms with Crippen molar-refractivity contribution in [3.63, 3.8) is 0 Å². The van der Waals surface area contributed by atoms with Crippen molar-refractivity contribution in [3.05, 3.63) is 42.0 Å². The van der Waals surface area contributed by atoms with Gasteiger partial charge in [0.15, 0.2) is 0 Å². The third kappa shape index (κ3) is 3.76. The third-order valence-electron chi connectivity index (χ3n) is 4.38. The number of aryl methyl sites for hydroxylation is 2. The molecular formula is C17H20F3N5O2S. The van der Waals surface area contributed by atoms with Gasteiger partial charge in [0.05, 0.1) is 28.8 Å². The van der Waals surface area contributed by atoms with Crippen LogP contribution in [0.15, 0.2) is 35.5 Å². The van der Waals surface area contributed by atoms with E-state index in [4.69, 9.17) is 0 Å². The number of sulfonamides is 1. The van der Waals surface area contributed by atoms with Crippen molar-refractivity contribution in [2.45, 2.75) is 51.0 Å². The highest BCUT2D eigenvalue weighted by atomic mass is 32.2. The van der Waals surface area contributed by atoms with E-state index in [2.05, 4.69) is 14.8 Å². The first-order chi connectivity index (χ1) is 13.1. The average molecular weight is 415 g/mol. The topological polar surface area (TPSA) is 81.8 Å². The van der Waals surface area contributed by atoms with E-state index in [9.17, 15) is 21.6 Å². The molecule has 1 aromatic carbocycles. The first-order valence-electron chi connectivity index (χ1n) is 8.69. The molecule has 1 atom stereocenters. The second-order valence-electron chi connectivity index (χ2n) is 6.29. The van der Waals surface area contributed by atoms with E-state index in [1.807, 2.05) is 6.92 Å². The van der Waals surface area contributed by atoms with Gasteiger partial charge in [-0.1, -0.05) is 0 Å². The number of rotatable bonds is 6. The zero-order chi connectivity index (χ0) is 20.7. The Balaban J connectivity index is 1.98. The molecule has 3 aromatic rings. The van der Waals surface area contributed by atoms with E-state index in [1.165, 1.54) is 23.1 Å². The van der Waals surface area contributed by atoms with Gasteiger partial charge in [-0.15, -0.1) is 0 Å². The zero-order valence-electron chi connectivity index (χ0n) is 15.5. The molecule has 0 amide bonds. The molecule has 1 N–H and O–H groups in total. The minimum atomic E-state index is -4.47. The Morgan fingerprint density at radius 2 is 1.93 bits per heavy atom. The highest BCUT2D eigenvalue weighted by Gasteiger charge is 2.31. The van der Waals surface area contributed by atoms with Crippen LogP contribution in [0.25, 0.3) is 11.0 Å². The summed E-state index contributed by atoms with van der Waals surface area (Å²) in [5, 5.41) is 3.95. The lowest BCUT2D eigenvalue weighted by molar-refractivity contribution is -0.137. The predicted octanol–water partition coefficient (Wildman–Crippen LogP) is 3.33. The molecule has 0 fully saturated rings. The van der Waals surface area contributed by atoms with Gasteiger partial charge in [-0.05, 0) is 39.0 Å². The summed E-state index contributed by atoms with van der Waals surface area (Å²) in [6.07, 6.45) is -1.81. The Morgan fingerprint density at radius 1 is 1.21 bits per heavy atom. The normalized spacial score (nSPS) is 13.9. The number of aromatic nitrogens is 4. The van der Waals surface area contributed by atoms with Gasteiger partial charge in [0.1, 0.15) is 10.7 Å². The fourth-order valence-electron chi connectivity index (χ4n) is 2.99. The summed E-state index contributed by atoms with van der Waals surface area (Å²) in [4.78, 5) is 4.37. The molecule has 0 saturated carbocycles. The number of nitrogens with one attached hydrogen (secondary N) is 1. The molecule has 11 heteroatoms. The van der Waals surface area contributed by atoms with E-state index in [0.29, 0.717) is 29.9 Å². The van der Waals surface area contributed by atoms with Gasteiger partial charge in [0.2, 0.25) is 10.0 Å². The molecule has 0 aliphatic carbocycles. The fraction of sp³-hybridized carbons (Fsp3) is 0.412. The maximum absolute atomic E-state index is 13.0. The van der Waals surface area contributed by atoms with Crippen LogP contribution in [-0.4, -0.2) is 27.7 Å². The Labute approximate surface area is 160 Å². The average Bonchev–Trinajstić information content (AvgIpc) is 3.24. The Morgan fingerprint density at radius 3 is 2.50 bits per heavy atom. The van der Waals surface area contributed by atoms with Crippen LogP contribution in [0.4, 0.5) is 13.2 Å². The number of benzene rings is 1. The summed E-state index contributed by atoms with van der Waals surface area (Å²) in [5.41, 5.74) is -0.103. The van der Waals surface area contributed by atoms with E-state index < -0.39 is 27.8 Å². The summed E-state index contributed by atoms with van der Waals surface area (Å²) < 4.78 is 69.9. The summed E-state index contributed by atoms with van der Waals surface area (Å²) in [6, 6.07) is 2.53. The molecule has 0 bridgehead atoms. The number of hydrogen-bond acceptors (Lipinski definition) is 4. The summed E-state index contributed by atoms with van der Waals surface area (Å²) in [7, 11) is -3.86. The van der Waals surface area contributed by atoms with Crippen LogP contribution in [0, 0.1) is 0 Å². The van der Waals surface area contributed by atoms with Gasteiger partial charge in [-0.2, -0.15) is 18.3 Å². The summed E-state index contributed by atoms with van der Waals surface area (Å²) in [6.45, 7) is 6.06. The second kappa shape index (κ2) is 7.21. The van der Waals surface area contributed by atoms with E-state index in [-0.39, 0.29) is 4.90 Å². The van der Waals surface area contributed by atoms with Crippen LogP contribution >= 0.6 is 0 Å². The van der Waals surface area contributed by atoms with Gasteiger partial charge in [-0.3, -0.25) is 4.68 Å². The smallest absolute Gasteiger partial charge is 0.327 e. The van der Waals surface area contributed by atoms with Crippen LogP contribution in [0.5, 0.6) is 0 Å². The van der Waals surface area contributed by atoms with E-state index >= 15 is 0 Å². The molecule has 2 aromatic heterocycles. The summed E-state index contributed by atoms with van der Waals surface area (Å²) in [5.74, 6) is 0.336. The highest BCUT2D eigenvalue weighted by Crippen LogP contribution is 2.32. The lowest BCUT2D eigenvalue weighted by Crippen LogP contribution is -2.28. The van der Waals surface area contributed by atoms with Gasteiger partial charge < -0.3 is 4.57 Å². The van der Waals surface area contributed by atoms with Crippen LogP contribution in [0.2, 0.25) is 0 Å². The molecule has 152 valence electrons. The first kappa shape index (κ1) is 20.3. The van der Waals surface area contributed by atoms with Crippen LogP contribution in [0.3, 0.4) is 0 Å². The van der Waals surface area contributed by atoms with Crippen molar-refractivity contribution >= 4 is 21.1 Å². The minimum absolute atomic E-state index is 0.0136. The van der Waals surface area contributed by atoms with E-state index in [0.717, 1.165) is 12.1 Å². The number of halogens is 3. The minimum Gasteiger partial charge on any atom is -0.327 e. The number of nitrogens with zero attached hydrogens (tertiary/aromatic N) is 4. The zero-order valence-corrected chi connectivity index (χ0v) is 16.3. The number of hydrogen-bond donors (Lipinski definition) is 1. The first-order valence-corrected chi connectivity index (χ1v) is 10.2. The molecular weight excluding hydrogens is 395 g/mol. The molecule has 7 nitrogen and oxygen atoms in total. The van der Waals surface area contributed by atoms with Gasteiger partial charge in [-0.25, -0.2) is 18.1 Å². The van der Waals surface area contributed by atoms with Crippen LogP contribution in [-0.2, 0) is 29.3 Å². The fourth-order valence-corrected chi connectivity index (χ4v) is 4.14. The van der Waals surface area contributed by atoms with Crippen molar-refractivity contribution in [1.29, 1.82) is 0 Å². The van der Waals surface area contributed by atoms with Crippen molar-refractivity contribution in [1.82, 2.24) is 24.1 Å². The molecule has 2 heterocycles. The number of alkyl halides is 3. The summed E-state index contributed by atoms with van der Waals surface area (Å²) >= 11 is 0. The Hall–Kier alpha value is -2.40. The maximum atomic E-state index is 13.0. The van der Waals surface area contributed by atoms with Crippen molar-refractivity contribution in [2.75, 3.05) is 0 Å². The SMILES string of the molecule is CCn1cc(S(=O)(=O)NC(C)c2nc3ccc(C(F)(F)F)cc3n2CC)cn1. The molecule has 0 spiro atoms. The Bertz CT molecular complexity index is 1100. The van der Waals surface area contributed by atoms with Gasteiger partial charge in [0.25, 0.3) is 0 Å². The molecule has 0 aliphatic rings. The van der Waals surface area contributed by atoms with Crippen molar-refractivity contribution < 1.29 is 21.6 Å². The van der Waals surface area contributed by atoms with Gasteiger partial charge in [0, 0.05) is 19.3 Å². The largest absolute Gasteiger partial charge is 0.416 e. The molecule has 0 radical (unpaired) electrons. The molecule has 3 rings (SSSR count). The number of imidazole rings is 1. The standard InChI is InChI=1S/C17H20F3N5O2S/c1-4-24-10-13(9-21-24)28(26,27)23-11(3)16-22-14-7-6-12(17(18,19)20)8-15(14)25(16)5-2/h6-11,23H,4-5H2,1-3H3. The van der Waals surface area contributed by atoms with Gasteiger partial charge >= 0.3 is 6.18 Å². The van der Waals surface area contributed by atoms with E-state index in [1.54, 1.807) is 18.4 Å². The monoisotopic (exact) mass is 415 g/mol. The quantitative estimate of drug-likeness (QED) is 0.670. The lowest BCUT2D eigenvalue weighted by atomic mass is 10.2.